The molecule has 1 unspecified atom stereocenters. The number of unbranched alkanes of at least 4 members (excludes halogenated alkanes) is 3. The number of carboxylic acids is 2. The minimum Gasteiger partial charge on any atom is -0.481 e. The van der Waals surface area contributed by atoms with E-state index in [1.807, 2.05) is 0 Å². The third-order valence-electron chi connectivity index (χ3n) is 4.34. The Morgan fingerprint density at radius 1 is 0.923 bits per heavy atom. The van der Waals surface area contributed by atoms with Gasteiger partial charge in [0.2, 0.25) is 0 Å². The first-order valence-electron chi connectivity index (χ1n) is 9.34. The Hall–Kier alpha value is -0.150. The van der Waals surface area contributed by atoms with Crippen LogP contribution in [0.5, 0.6) is 0 Å². The van der Waals surface area contributed by atoms with Crippen LogP contribution in [0.1, 0.15) is 85.0 Å². The SMILES string of the molecule is CCCCCC[C]([Na])(CCC)CCC.O=C(O)CC(C(=O)O)S(=O)(=O)O. The molecule has 0 bridgehead atoms. The number of carboxylic acid groups (broad SMARTS) is 2. The van der Waals surface area contributed by atoms with Crippen LogP contribution in [-0.2, 0) is 19.7 Å². The third-order valence-corrected chi connectivity index (χ3v) is 6.92. The van der Waals surface area contributed by atoms with Crippen molar-refractivity contribution in [3.63, 3.8) is 0 Å². The second-order valence-electron chi connectivity index (χ2n) is 7.06. The summed E-state index contributed by atoms with van der Waals surface area (Å²) in [6.45, 7) is 6.98. The number of hydrogen-bond donors (Lipinski definition) is 3. The van der Waals surface area contributed by atoms with Crippen molar-refractivity contribution in [2.75, 3.05) is 0 Å². The Morgan fingerprint density at radius 3 is 1.69 bits per heavy atom. The van der Waals surface area contributed by atoms with Crippen molar-refractivity contribution in [3.8, 4) is 0 Å². The molecule has 0 spiro atoms. The van der Waals surface area contributed by atoms with E-state index >= 15 is 0 Å². The molecule has 0 rings (SSSR count). The fourth-order valence-corrected chi connectivity index (χ4v) is 5.00. The summed E-state index contributed by atoms with van der Waals surface area (Å²) in [5, 5.41) is 13.9. The van der Waals surface area contributed by atoms with Crippen LogP contribution in [-0.4, -0.2) is 68.3 Å². The summed E-state index contributed by atoms with van der Waals surface area (Å²) in [5.41, 5.74) is 0. The average molecular weight is 405 g/mol. The number of hydrogen-bond acceptors (Lipinski definition) is 4. The van der Waals surface area contributed by atoms with E-state index in [9.17, 15) is 18.0 Å². The molecule has 26 heavy (non-hydrogen) atoms. The molecule has 0 aromatic rings. The van der Waals surface area contributed by atoms with Gasteiger partial charge in [0.15, 0.2) is 5.25 Å². The van der Waals surface area contributed by atoms with Gasteiger partial charge in [0, 0.05) is 0 Å². The van der Waals surface area contributed by atoms with Gasteiger partial charge in [-0.1, -0.05) is 0 Å². The quantitative estimate of drug-likeness (QED) is 0.242. The molecule has 0 heterocycles. The fraction of sp³-hybridized carbons (Fsp3) is 0.882. The maximum absolute atomic E-state index is 10.2. The predicted octanol–water partition coefficient (Wildman–Crippen LogP) is 3.69. The number of aliphatic carboxylic acids is 2. The van der Waals surface area contributed by atoms with Crippen LogP contribution in [0.2, 0.25) is 2.66 Å². The van der Waals surface area contributed by atoms with Gasteiger partial charge < -0.3 is 10.2 Å². The summed E-state index contributed by atoms with van der Waals surface area (Å²) in [7, 11) is -4.84. The first-order valence-corrected chi connectivity index (χ1v) is 11.8. The molecule has 9 heteroatoms. The molecule has 0 aliphatic rings. The maximum atomic E-state index is 10.2. The average Bonchev–Trinajstić information content (AvgIpc) is 2.49. The van der Waals surface area contributed by atoms with Gasteiger partial charge >= 0.3 is 121 Å². The first kappa shape index (κ1) is 28.1. The van der Waals surface area contributed by atoms with Crippen molar-refractivity contribution in [2.45, 2.75) is 92.9 Å². The van der Waals surface area contributed by atoms with E-state index in [1.165, 1.54) is 85.7 Å². The second kappa shape index (κ2) is 14.9. The van der Waals surface area contributed by atoms with Crippen molar-refractivity contribution in [1.82, 2.24) is 0 Å². The minimum atomic E-state index is -4.84. The molecule has 7 nitrogen and oxygen atoms in total. The molecule has 0 aromatic carbocycles. The maximum Gasteiger partial charge on any atom is 0.325 e. The van der Waals surface area contributed by atoms with E-state index in [0.29, 0.717) is 0 Å². The van der Waals surface area contributed by atoms with Crippen LogP contribution >= 0.6 is 0 Å². The molecule has 0 fully saturated rings. The zero-order valence-corrected chi connectivity index (χ0v) is 19.3. The van der Waals surface area contributed by atoms with Crippen molar-refractivity contribution in [3.05, 3.63) is 0 Å². The van der Waals surface area contributed by atoms with E-state index in [0.717, 1.165) is 2.66 Å². The second-order valence-corrected chi connectivity index (χ2v) is 10.8. The molecule has 0 aromatic heterocycles. The number of carbonyl (C=O) groups is 2. The number of rotatable bonds is 13. The van der Waals surface area contributed by atoms with Crippen LogP contribution < -0.4 is 0 Å². The molecule has 0 amide bonds. The molecule has 3 N–H and O–H groups in total. The van der Waals surface area contributed by atoms with Crippen LogP contribution in [0.4, 0.5) is 0 Å². The van der Waals surface area contributed by atoms with Gasteiger partial charge in [0.05, 0.1) is 6.42 Å². The largest absolute Gasteiger partial charge is 0.481 e. The third kappa shape index (κ3) is 15.0. The Labute approximate surface area is 175 Å². The van der Waals surface area contributed by atoms with Gasteiger partial charge in [0.1, 0.15) is 0 Å². The molecule has 150 valence electrons. The summed E-state index contributed by atoms with van der Waals surface area (Å²) in [5.74, 6) is -3.50. The molecule has 0 aliphatic carbocycles. The first-order chi connectivity index (χ1) is 11.9. The van der Waals surface area contributed by atoms with Crippen LogP contribution in [0.15, 0.2) is 0 Å². The fourth-order valence-electron chi connectivity index (χ4n) is 3.04. The molecule has 0 saturated heterocycles. The zero-order valence-electron chi connectivity index (χ0n) is 16.5. The van der Waals surface area contributed by atoms with E-state index in [1.54, 1.807) is 0 Å². The van der Waals surface area contributed by atoms with Crippen LogP contribution in [0, 0.1) is 0 Å². The van der Waals surface area contributed by atoms with Gasteiger partial charge in [-0.25, -0.2) is 0 Å². The smallest absolute Gasteiger partial charge is 0.325 e. The summed E-state index contributed by atoms with van der Waals surface area (Å²) < 4.78 is 29.5. The van der Waals surface area contributed by atoms with E-state index in [-0.39, 0.29) is 0 Å². The minimum absolute atomic E-state index is 0.789. The molecule has 1 atom stereocenters. The summed E-state index contributed by atoms with van der Waals surface area (Å²) in [4.78, 5) is 20.0. The summed E-state index contributed by atoms with van der Waals surface area (Å²) in [6.07, 6.45) is 11.9. The molecular formula is C17H33NaO7S. The Bertz CT molecular complexity index is 499. The summed E-state index contributed by atoms with van der Waals surface area (Å²) >= 11 is 1.41. The van der Waals surface area contributed by atoms with Gasteiger partial charge in [0.25, 0.3) is 10.1 Å². The molecule has 0 radical (unpaired) electrons. The van der Waals surface area contributed by atoms with Gasteiger partial charge in [-0.2, -0.15) is 8.42 Å². The van der Waals surface area contributed by atoms with E-state index < -0.39 is 33.7 Å². The Kier molecular flexibility index (Phi) is 16.0. The van der Waals surface area contributed by atoms with Crippen molar-refractivity contribution in [2.24, 2.45) is 0 Å². The summed E-state index contributed by atoms with van der Waals surface area (Å²) in [6, 6.07) is 0. The standard InChI is InChI=1S/C13H27.C4H6O7S.Na/c1-4-7-8-9-12-13(10-5-2)11-6-3;5-3(6)1-2(4(7)8)12(9,10)11;/h4-12H2,1-3H3;2H,1H2,(H,5,6)(H,7,8)(H,9,10,11);. The predicted molar refractivity (Wildman–Crippen MR) is 102 cm³/mol. The molecular weight excluding hydrogens is 371 g/mol. The molecule has 0 saturated carbocycles. The van der Waals surface area contributed by atoms with Crippen LogP contribution in [0.3, 0.4) is 0 Å². The zero-order chi connectivity index (χ0) is 20.8. The van der Waals surface area contributed by atoms with Gasteiger partial charge in [-0.15, -0.1) is 0 Å². The van der Waals surface area contributed by atoms with Crippen molar-refractivity contribution >= 4 is 50.0 Å². The topological polar surface area (TPSA) is 129 Å². The van der Waals surface area contributed by atoms with Crippen molar-refractivity contribution in [1.29, 1.82) is 0 Å². The normalized spacial score (nSPS) is 12.8. The van der Waals surface area contributed by atoms with Gasteiger partial charge in [-0.05, 0) is 0 Å². The van der Waals surface area contributed by atoms with E-state index in [4.69, 9.17) is 14.8 Å². The van der Waals surface area contributed by atoms with Gasteiger partial charge in [-0.3, -0.25) is 14.1 Å². The Balaban J connectivity index is 0. The van der Waals surface area contributed by atoms with Crippen LogP contribution in [0.25, 0.3) is 0 Å². The monoisotopic (exact) mass is 404 g/mol. The van der Waals surface area contributed by atoms with E-state index in [2.05, 4.69) is 20.8 Å². The molecule has 0 aliphatic heterocycles. The van der Waals surface area contributed by atoms with Crippen molar-refractivity contribution < 1.29 is 32.8 Å². The Morgan fingerprint density at radius 2 is 1.42 bits per heavy atom.